The van der Waals surface area contributed by atoms with Crippen LogP contribution in [0.3, 0.4) is 0 Å². The predicted octanol–water partition coefficient (Wildman–Crippen LogP) is -1.13. The number of ether oxygens (including phenoxy) is 2. The van der Waals surface area contributed by atoms with Gasteiger partial charge in [0.25, 0.3) is 23.8 Å². The van der Waals surface area contributed by atoms with E-state index in [0.717, 1.165) is 6.92 Å². The van der Waals surface area contributed by atoms with Crippen LogP contribution in [0.4, 0.5) is 0 Å². The molecule has 0 atom stereocenters. The molecule has 3 amide bonds. The molecule has 2 rings (SSSR count). The zero-order chi connectivity index (χ0) is 17.7. The Hall–Kier alpha value is -3.43. The van der Waals surface area contributed by atoms with Gasteiger partial charge in [0.05, 0.1) is 7.11 Å². The maximum Gasteiger partial charge on any atom is 0.303 e. The fraction of sp³-hybridized carbons (Fsp3) is 0.214. The monoisotopic (exact) mass is 334 g/mol. The van der Waals surface area contributed by atoms with Crippen LogP contribution in [-0.4, -0.2) is 42.9 Å². The summed E-state index contributed by atoms with van der Waals surface area (Å²) in [5.74, 6) is -2.90. The molecule has 1 aromatic carbocycles. The zero-order valence-corrected chi connectivity index (χ0v) is 12.8. The highest BCUT2D eigenvalue weighted by atomic mass is 16.6. The molecule has 0 aromatic heterocycles. The topological polar surface area (TPSA) is 135 Å². The van der Waals surface area contributed by atoms with Crippen molar-refractivity contribution in [1.29, 1.82) is 0 Å². The number of nitrogens with one attached hydrogen (secondary N) is 3. The third-order valence-electron chi connectivity index (χ3n) is 2.84. The maximum atomic E-state index is 12.0. The molecule has 1 saturated heterocycles. The first-order valence-electron chi connectivity index (χ1n) is 6.71. The van der Waals surface area contributed by atoms with Crippen molar-refractivity contribution in [2.45, 2.75) is 13.0 Å². The summed E-state index contributed by atoms with van der Waals surface area (Å²) in [4.78, 5) is 46.2. The smallest absolute Gasteiger partial charge is 0.303 e. The first-order chi connectivity index (χ1) is 11.4. The molecule has 126 valence electrons. The normalized spacial score (nSPS) is 16.6. The van der Waals surface area contributed by atoms with Crippen LogP contribution in [0, 0.1) is 0 Å². The molecule has 24 heavy (non-hydrogen) atoms. The molecule has 0 unspecified atom stereocenters. The summed E-state index contributed by atoms with van der Waals surface area (Å²) in [6, 6.07) is 6.31. The van der Waals surface area contributed by atoms with E-state index in [1.807, 2.05) is 0 Å². The quantitative estimate of drug-likeness (QED) is 0.362. The van der Waals surface area contributed by atoms with E-state index in [9.17, 15) is 19.2 Å². The number of carbonyl (C=O) groups excluding carboxylic acids is 4. The third kappa shape index (κ3) is 4.06. The number of amides is 3. The number of guanidine groups is 1. The number of methoxy groups -OCH3 is 1. The standard InChI is InChI=1S/C14H14N4O6/c1-7(19)24-10-12(21)15-14(16-13(10)22)18-17-11(20)8-4-3-5-9(6-8)23-2/h3-6,10H,1-2H3,(H,17,20)(H2,15,16,18,21,22). The summed E-state index contributed by atoms with van der Waals surface area (Å²) in [5, 5.41) is 7.99. The summed E-state index contributed by atoms with van der Waals surface area (Å²) in [7, 11) is 1.46. The van der Waals surface area contributed by atoms with Gasteiger partial charge < -0.3 is 9.47 Å². The van der Waals surface area contributed by atoms with Gasteiger partial charge in [0.1, 0.15) is 5.75 Å². The van der Waals surface area contributed by atoms with Gasteiger partial charge in [0, 0.05) is 12.5 Å². The molecule has 1 aliphatic heterocycles. The van der Waals surface area contributed by atoms with Gasteiger partial charge in [0.15, 0.2) is 0 Å². The van der Waals surface area contributed by atoms with Crippen molar-refractivity contribution in [3.05, 3.63) is 29.8 Å². The van der Waals surface area contributed by atoms with Crippen molar-refractivity contribution >= 4 is 29.7 Å². The fourth-order valence-corrected chi connectivity index (χ4v) is 1.78. The minimum atomic E-state index is -1.60. The van der Waals surface area contributed by atoms with Crippen molar-refractivity contribution in [1.82, 2.24) is 16.1 Å². The van der Waals surface area contributed by atoms with Crippen LogP contribution in [0.25, 0.3) is 0 Å². The van der Waals surface area contributed by atoms with E-state index < -0.39 is 29.8 Å². The highest BCUT2D eigenvalue weighted by molar-refractivity contribution is 6.20. The van der Waals surface area contributed by atoms with Gasteiger partial charge in [-0.2, -0.15) is 0 Å². The average molecular weight is 334 g/mol. The molecule has 0 radical (unpaired) electrons. The van der Waals surface area contributed by atoms with Gasteiger partial charge in [-0.25, -0.2) is 5.43 Å². The van der Waals surface area contributed by atoms with E-state index in [-0.39, 0.29) is 11.5 Å². The first kappa shape index (κ1) is 16.9. The summed E-state index contributed by atoms with van der Waals surface area (Å²) < 4.78 is 9.57. The van der Waals surface area contributed by atoms with Crippen LogP contribution in [-0.2, 0) is 19.1 Å². The lowest BCUT2D eigenvalue weighted by Crippen LogP contribution is -2.61. The van der Waals surface area contributed by atoms with Crippen LogP contribution in [0.15, 0.2) is 29.4 Å². The summed E-state index contributed by atoms with van der Waals surface area (Å²) in [5.41, 5.74) is 2.44. The summed E-state index contributed by atoms with van der Waals surface area (Å²) in [6.07, 6.45) is -1.60. The Labute approximate surface area is 136 Å². The lowest BCUT2D eigenvalue weighted by Gasteiger charge is -2.22. The van der Waals surface area contributed by atoms with Gasteiger partial charge in [0.2, 0.25) is 5.96 Å². The molecule has 0 bridgehead atoms. The molecule has 1 fully saturated rings. The van der Waals surface area contributed by atoms with E-state index in [1.54, 1.807) is 12.1 Å². The molecule has 10 nitrogen and oxygen atoms in total. The number of hydrogen-bond donors (Lipinski definition) is 3. The predicted molar refractivity (Wildman–Crippen MR) is 79.7 cm³/mol. The van der Waals surface area contributed by atoms with Crippen LogP contribution in [0.5, 0.6) is 5.75 Å². The molecular formula is C14H14N4O6. The molecule has 0 aliphatic carbocycles. The number of hydrazone groups is 1. The zero-order valence-electron chi connectivity index (χ0n) is 12.8. The average Bonchev–Trinajstić information content (AvgIpc) is 2.55. The van der Waals surface area contributed by atoms with E-state index in [0.29, 0.717) is 5.75 Å². The minimum absolute atomic E-state index is 0.268. The Morgan fingerprint density at radius 2 is 1.88 bits per heavy atom. The van der Waals surface area contributed by atoms with E-state index in [2.05, 4.69) is 25.9 Å². The molecule has 0 saturated carbocycles. The highest BCUT2D eigenvalue weighted by Crippen LogP contribution is 2.12. The molecule has 1 aliphatic rings. The number of carbonyl (C=O) groups is 4. The van der Waals surface area contributed by atoms with Gasteiger partial charge in [-0.1, -0.05) is 6.07 Å². The molecule has 1 heterocycles. The molecular weight excluding hydrogens is 320 g/mol. The van der Waals surface area contributed by atoms with Gasteiger partial charge in [-0.15, -0.1) is 5.10 Å². The van der Waals surface area contributed by atoms with Crippen molar-refractivity contribution in [2.75, 3.05) is 7.11 Å². The van der Waals surface area contributed by atoms with E-state index in [1.165, 1.54) is 19.2 Å². The number of rotatable bonds is 4. The maximum absolute atomic E-state index is 12.0. The van der Waals surface area contributed by atoms with Crippen LogP contribution < -0.4 is 20.8 Å². The molecule has 10 heteroatoms. The number of hydrogen-bond acceptors (Lipinski definition) is 7. The van der Waals surface area contributed by atoms with E-state index in [4.69, 9.17) is 4.74 Å². The summed E-state index contributed by atoms with van der Waals surface area (Å²) in [6.45, 7) is 1.07. The largest absolute Gasteiger partial charge is 0.497 e. The van der Waals surface area contributed by atoms with Crippen LogP contribution >= 0.6 is 0 Å². The molecule has 1 aromatic rings. The van der Waals surface area contributed by atoms with Crippen LogP contribution in [0.1, 0.15) is 17.3 Å². The van der Waals surface area contributed by atoms with Gasteiger partial charge in [-0.05, 0) is 18.2 Å². The second-order valence-electron chi connectivity index (χ2n) is 4.60. The van der Waals surface area contributed by atoms with Crippen molar-refractivity contribution in [3.63, 3.8) is 0 Å². The third-order valence-corrected chi connectivity index (χ3v) is 2.84. The minimum Gasteiger partial charge on any atom is -0.497 e. The second kappa shape index (κ2) is 7.22. The highest BCUT2D eigenvalue weighted by Gasteiger charge is 2.36. The van der Waals surface area contributed by atoms with E-state index >= 15 is 0 Å². The summed E-state index contributed by atoms with van der Waals surface area (Å²) >= 11 is 0. The lowest BCUT2D eigenvalue weighted by atomic mass is 10.2. The number of esters is 1. The van der Waals surface area contributed by atoms with Crippen molar-refractivity contribution < 1.29 is 28.7 Å². The van der Waals surface area contributed by atoms with Gasteiger partial charge >= 0.3 is 5.97 Å². The Morgan fingerprint density at radius 3 is 2.46 bits per heavy atom. The van der Waals surface area contributed by atoms with Gasteiger partial charge in [-0.3, -0.25) is 29.8 Å². The number of benzene rings is 1. The van der Waals surface area contributed by atoms with Crippen molar-refractivity contribution in [3.8, 4) is 5.75 Å². The van der Waals surface area contributed by atoms with Crippen molar-refractivity contribution in [2.24, 2.45) is 5.10 Å². The Bertz CT molecular complexity index is 710. The Balaban J connectivity index is 2.02. The lowest BCUT2D eigenvalue weighted by molar-refractivity contribution is -0.160. The molecule has 3 N–H and O–H groups in total. The van der Waals surface area contributed by atoms with Crippen LogP contribution in [0.2, 0.25) is 0 Å². The SMILES string of the molecule is COc1cccc(C(=O)NN=C2NC(=O)C(OC(C)=O)C(=O)N2)c1. The first-order valence-corrected chi connectivity index (χ1v) is 6.71. The number of nitrogens with zero attached hydrogens (tertiary/aromatic N) is 1. The Morgan fingerprint density at radius 1 is 1.21 bits per heavy atom. The second-order valence-corrected chi connectivity index (χ2v) is 4.60. The fourth-order valence-electron chi connectivity index (χ4n) is 1.78. The molecule has 0 spiro atoms. The Kier molecular flexibility index (Phi) is 5.09.